The van der Waals surface area contributed by atoms with E-state index in [9.17, 15) is 9.59 Å². The van der Waals surface area contributed by atoms with E-state index in [0.717, 1.165) is 6.54 Å². The molecule has 0 saturated heterocycles. The van der Waals surface area contributed by atoms with Gasteiger partial charge in [0.1, 0.15) is 12.4 Å². The van der Waals surface area contributed by atoms with Gasteiger partial charge in [0.05, 0.1) is 0 Å². The molecule has 0 fully saturated rings. The average molecular weight is 311 g/mol. The van der Waals surface area contributed by atoms with E-state index in [-0.39, 0.29) is 6.61 Å². The fraction of sp³-hybridized carbons (Fsp3) is 0.429. The molecule has 1 aromatic carbocycles. The maximum absolute atomic E-state index is 11.8. The first-order valence-electron chi connectivity index (χ1n) is 6.62. The van der Waals surface area contributed by atoms with E-state index in [0.29, 0.717) is 17.9 Å². The number of likely N-dealkylation sites (N-methyl/N-ethyl adjacent to an activating group) is 2. The minimum absolute atomic E-state index is 0.0208. The molecule has 8 nitrogen and oxygen atoms in total. The second kappa shape index (κ2) is 8.85. The van der Waals surface area contributed by atoms with Crippen LogP contribution in [0.3, 0.4) is 0 Å². The number of benzene rings is 1. The zero-order valence-corrected chi connectivity index (χ0v) is 12.9. The first-order valence-corrected chi connectivity index (χ1v) is 6.62. The van der Waals surface area contributed by atoms with E-state index >= 15 is 0 Å². The Labute approximate surface area is 129 Å². The van der Waals surface area contributed by atoms with Gasteiger partial charge in [-0.15, -0.1) is 0 Å². The van der Waals surface area contributed by atoms with Crippen molar-refractivity contribution in [1.29, 1.82) is 0 Å². The predicted molar refractivity (Wildman–Crippen MR) is 79.1 cm³/mol. The largest absolute Gasteiger partial charge is 0.527 e. The number of carbonyl (C=O) groups is 2. The molecule has 8 heteroatoms. The number of amides is 1. The summed E-state index contributed by atoms with van der Waals surface area (Å²) in [6.45, 7) is 1.34. The average Bonchev–Trinajstić information content (AvgIpc) is 2.51. The number of ether oxygens (including phenoxy) is 2. The Morgan fingerprint density at radius 3 is 2.27 bits per heavy atom. The van der Waals surface area contributed by atoms with Crippen LogP contribution < -0.4 is 10.6 Å². The Bertz CT molecular complexity index is 490. The number of hydrogen-bond donors (Lipinski definition) is 1. The number of nitrogens with zero attached hydrogens (tertiary/aromatic N) is 2. The molecule has 1 rings (SSSR count). The first kappa shape index (κ1) is 17.7. The zero-order chi connectivity index (χ0) is 16.5. The molecule has 0 saturated carbocycles. The van der Waals surface area contributed by atoms with Crippen LogP contribution >= 0.6 is 0 Å². The molecular formula is C14H21N3O5. The lowest BCUT2D eigenvalue weighted by Crippen LogP contribution is -2.35. The smallest absolute Gasteiger partial charge is 0.428 e. The van der Waals surface area contributed by atoms with E-state index in [1.807, 2.05) is 19.0 Å². The monoisotopic (exact) mass is 311 g/mol. The molecule has 22 heavy (non-hydrogen) atoms. The maximum Gasteiger partial charge on any atom is 0.527 e. The minimum Gasteiger partial charge on any atom is -0.428 e. The standard InChI is InChI=1S/C14H21N3O5/c1-16(2)8-9-17(3)13(18)21-12-6-4-11(5-7-12)10-20-14(19)22-15/h4-7H,8-10,15H2,1-3H3. The molecule has 1 aromatic rings. The van der Waals surface area contributed by atoms with E-state index in [1.165, 1.54) is 4.90 Å². The van der Waals surface area contributed by atoms with Gasteiger partial charge in [0.2, 0.25) is 0 Å². The molecular weight excluding hydrogens is 290 g/mol. The van der Waals surface area contributed by atoms with Gasteiger partial charge in [-0.1, -0.05) is 12.1 Å². The lowest BCUT2D eigenvalue weighted by Gasteiger charge is -2.19. The molecule has 0 aliphatic rings. The number of hydrogen-bond acceptors (Lipinski definition) is 7. The third kappa shape index (κ3) is 6.42. The molecule has 0 spiro atoms. The van der Waals surface area contributed by atoms with Crippen LogP contribution in [-0.2, 0) is 16.2 Å². The van der Waals surface area contributed by atoms with Gasteiger partial charge in [-0.05, 0) is 31.8 Å². The fourth-order valence-corrected chi connectivity index (χ4v) is 1.45. The van der Waals surface area contributed by atoms with Crippen molar-refractivity contribution in [1.82, 2.24) is 9.80 Å². The molecule has 0 heterocycles. The van der Waals surface area contributed by atoms with E-state index in [1.54, 1.807) is 31.3 Å². The summed E-state index contributed by atoms with van der Waals surface area (Å²) in [5.74, 6) is 5.06. The highest BCUT2D eigenvalue weighted by atomic mass is 16.8. The molecule has 122 valence electrons. The Morgan fingerprint density at radius 1 is 1.09 bits per heavy atom. The van der Waals surface area contributed by atoms with Crippen molar-refractivity contribution in [3.63, 3.8) is 0 Å². The summed E-state index contributed by atoms with van der Waals surface area (Å²) in [5, 5.41) is 0. The summed E-state index contributed by atoms with van der Waals surface area (Å²) in [6.07, 6.45) is -1.39. The molecule has 0 aromatic heterocycles. The van der Waals surface area contributed by atoms with E-state index in [2.05, 4.69) is 15.5 Å². The van der Waals surface area contributed by atoms with Crippen LogP contribution in [0, 0.1) is 0 Å². The Balaban J connectivity index is 2.46. The fourth-order valence-electron chi connectivity index (χ4n) is 1.45. The topological polar surface area (TPSA) is 94.3 Å². The van der Waals surface area contributed by atoms with Crippen molar-refractivity contribution < 1.29 is 23.9 Å². The Hall–Kier alpha value is -2.32. The molecule has 0 atom stereocenters. The lowest BCUT2D eigenvalue weighted by atomic mass is 10.2. The predicted octanol–water partition coefficient (Wildman–Crippen LogP) is 1.21. The molecule has 2 N–H and O–H groups in total. The third-order valence-electron chi connectivity index (χ3n) is 2.78. The Morgan fingerprint density at radius 2 is 1.73 bits per heavy atom. The van der Waals surface area contributed by atoms with Crippen molar-refractivity contribution in [2.75, 3.05) is 34.2 Å². The van der Waals surface area contributed by atoms with Crippen molar-refractivity contribution in [3.05, 3.63) is 29.8 Å². The first-order chi connectivity index (χ1) is 10.4. The van der Waals surface area contributed by atoms with Crippen LogP contribution in [0.25, 0.3) is 0 Å². The summed E-state index contributed by atoms with van der Waals surface area (Å²) in [5.41, 5.74) is 0.714. The second-order valence-electron chi connectivity index (χ2n) is 4.89. The van der Waals surface area contributed by atoms with Crippen LogP contribution in [0.4, 0.5) is 9.59 Å². The number of nitrogens with two attached hydrogens (primary N) is 1. The van der Waals surface area contributed by atoms with Crippen molar-refractivity contribution in [3.8, 4) is 5.75 Å². The summed E-state index contributed by atoms with van der Waals surface area (Å²) in [6, 6.07) is 6.58. The summed E-state index contributed by atoms with van der Waals surface area (Å²) in [4.78, 5) is 29.9. The molecule has 0 aliphatic heterocycles. The lowest BCUT2D eigenvalue weighted by molar-refractivity contribution is 0.0497. The van der Waals surface area contributed by atoms with Gasteiger partial charge in [0.25, 0.3) is 0 Å². The maximum atomic E-state index is 11.8. The second-order valence-corrected chi connectivity index (χ2v) is 4.89. The van der Waals surface area contributed by atoms with E-state index in [4.69, 9.17) is 4.74 Å². The van der Waals surface area contributed by atoms with Gasteiger partial charge in [0.15, 0.2) is 0 Å². The highest BCUT2D eigenvalue weighted by Crippen LogP contribution is 2.14. The molecule has 0 bridgehead atoms. The normalized spacial score (nSPS) is 10.2. The van der Waals surface area contributed by atoms with Crippen molar-refractivity contribution >= 4 is 12.2 Å². The molecule has 0 aliphatic carbocycles. The van der Waals surface area contributed by atoms with E-state index < -0.39 is 12.2 Å². The van der Waals surface area contributed by atoms with Crippen molar-refractivity contribution in [2.24, 2.45) is 5.90 Å². The molecule has 0 radical (unpaired) electrons. The third-order valence-corrected chi connectivity index (χ3v) is 2.78. The highest BCUT2D eigenvalue weighted by Gasteiger charge is 2.11. The summed E-state index contributed by atoms with van der Waals surface area (Å²) in [7, 11) is 5.54. The SMILES string of the molecule is CN(C)CCN(C)C(=O)Oc1ccc(COC(=O)ON)cc1. The van der Waals surface area contributed by atoms with Crippen molar-refractivity contribution in [2.45, 2.75) is 6.61 Å². The van der Waals surface area contributed by atoms with Gasteiger partial charge in [0, 0.05) is 20.1 Å². The summed E-state index contributed by atoms with van der Waals surface area (Å²) >= 11 is 0. The molecule has 0 unspecified atom stereocenters. The van der Waals surface area contributed by atoms with Gasteiger partial charge < -0.3 is 24.1 Å². The van der Waals surface area contributed by atoms with Crippen LogP contribution in [0.2, 0.25) is 0 Å². The summed E-state index contributed by atoms with van der Waals surface area (Å²) < 4.78 is 9.91. The molecule has 1 amide bonds. The van der Waals surface area contributed by atoms with Crippen LogP contribution in [0.1, 0.15) is 5.56 Å². The van der Waals surface area contributed by atoms with Crippen LogP contribution in [0.5, 0.6) is 5.75 Å². The van der Waals surface area contributed by atoms with Gasteiger partial charge >= 0.3 is 12.2 Å². The van der Waals surface area contributed by atoms with Gasteiger partial charge in [-0.2, -0.15) is 5.90 Å². The minimum atomic E-state index is -0.960. The van der Waals surface area contributed by atoms with Crippen LogP contribution in [-0.4, -0.2) is 56.3 Å². The number of carbonyl (C=O) groups excluding carboxylic acids is 2. The van der Waals surface area contributed by atoms with Gasteiger partial charge in [-0.3, -0.25) is 0 Å². The quantitative estimate of drug-likeness (QED) is 0.623. The highest BCUT2D eigenvalue weighted by molar-refractivity contribution is 5.70. The van der Waals surface area contributed by atoms with Gasteiger partial charge in [-0.25, -0.2) is 9.59 Å². The van der Waals surface area contributed by atoms with Crippen LogP contribution in [0.15, 0.2) is 24.3 Å². The number of rotatable bonds is 6. The Kier molecular flexibility index (Phi) is 7.14. The zero-order valence-electron chi connectivity index (χ0n) is 12.9.